The summed E-state index contributed by atoms with van der Waals surface area (Å²) in [6, 6.07) is 1.19. The smallest absolute Gasteiger partial charge is 0.371 e. The summed E-state index contributed by atoms with van der Waals surface area (Å²) in [6.07, 6.45) is 6.01. The van der Waals surface area contributed by atoms with E-state index < -0.39 is 8.56 Å². The molecule has 0 radical (unpaired) electrons. The van der Waals surface area contributed by atoms with Crippen LogP contribution in [-0.2, 0) is 18.4 Å². The molecule has 1 atom stereocenters. The van der Waals surface area contributed by atoms with E-state index in [1.807, 2.05) is 13.8 Å². The fourth-order valence-corrected chi connectivity index (χ4v) is 7.68. The first kappa shape index (κ1) is 22.5. The van der Waals surface area contributed by atoms with Crippen LogP contribution in [0.5, 0.6) is 0 Å². The number of isocyanates is 1. The lowest BCUT2D eigenvalue weighted by Crippen LogP contribution is -2.65. The van der Waals surface area contributed by atoms with Crippen LogP contribution in [-0.4, -0.2) is 45.7 Å². The first-order chi connectivity index (χ1) is 11.0. The molecule has 23 heavy (non-hydrogen) atoms. The Bertz CT molecular complexity index is 343. The Morgan fingerprint density at radius 1 is 1.09 bits per heavy atom. The molecule has 0 amide bonds. The van der Waals surface area contributed by atoms with Crippen LogP contribution in [0.25, 0.3) is 0 Å². The molecule has 0 aromatic rings. The number of hydrogen-bond acceptors (Lipinski definition) is 5. The molecule has 0 saturated carbocycles. The summed E-state index contributed by atoms with van der Waals surface area (Å²) in [5.74, 6) is 0. The van der Waals surface area contributed by atoms with E-state index in [1.165, 1.54) is 18.9 Å². The zero-order valence-electron chi connectivity index (χ0n) is 15.8. The topological polar surface area (TPSA) is 57.1 Å². The summed E-state index contributed by atoms with van der Waals surface area (Å²) in [7, 11) is -2.21. The molecule has 1 aliphatic rings. The van der Waals surface area contributed by atoms with Crippen molar-refractivity contribution in [3.8, 4) is 0 Å². The molecule has 5 nitrogen and oxygen atoms in total. The Morgan fingerprint density at radius 2 is 1.70 bits per heavy atom. The van der Waals surface area contributed by atoms with E-state index in [1.54, 1.807) is 0 Å². The van der Waals surface area contributed by atoms with Crippen LogP contribution in [0.3, 0.4) is 0 Å². The second-order valence-corrected chi connectivity index (χ2v) is 9.42. The molecule has 0 aromatic carbocycles. The monoisotopic (exact) mass is 345 g/mol. The van der Waals surface area contributed by atoms with Gasteiger partial charge in [0.25, 0.3) is 0 Å². The van der Waals surface area contributed by atoms with Crippen LogP contribution < -0.4 is 0 Å². The molecule has 0 bridgehead atoms. The second kappa shape index (κ2) is 11.9. The highest BCUT2D eigenvalue weighted by Gasteiger charge is 2.58. The Kier molecular flexibility index (Phi) is 11.7. The van der Waals surface area contributed by atoms with Crippen LogP contribution in [0.2, 0.25) is 6.04 Å². The molecule has 1 heterocycles. The fourth-order valence-electron chi connectivity index (χ4n) is 3.21. The van der Waals surface area contributed by atoms with E-state index in [-0.39, 0.29) is 11.3 Å². The van der Waals surface area contributed by atoms with E-state index >= 15 is 0 Å². The number of nitrogens with zero attached hydrogens (tertiary/aromatic N) is 1. The van der Waals surface area contributed by atoms with Gasteiger partial charge in [0.05, 0.1) is 6.04 Å². The summed E-state index contributed by atoms with van der Waals surface area (Å²) < 4.78 is 18.5. The summed E-state index contributed by atoms with van der Waals surface area (Å²) in [5, 5.41) is -0.119. The van der Waals surface area contributed by atoms with Gasteiger partial charge in [-0.15, -0.1) is 0 Å². The van der Waals surface area contributed by atoms with Gasteiger partial charge in [-0.2, -0.15) is 0 Å². The first-order valence-electron chi connectivity index (χ1n) is 8.96. The third-order valence-electron chi connectivity index (χ3n) is 4.09. The molecular formula is C17H35NO4Si. The molecule has 0 aliphatic carbocycles. The van der Waals surface area contributed by atoms with Crippen molar-refractivity contribution in [2.75, 3.05) is 19.8 Å². The zero-order chi connectivity index (χ0) is 17.8. The molecule has 0 N–H and O–H groups in total. The van der Waals surface area contributed by atoms with Crippen molar-refractivity contribution < 1.29 is 18.4 Å². The molecule has 1 unspecified atom stereocenters. The molecule has 6 heteroatoms. The highest BCUT2D eigenvalue weighted by Crippen LogP contribution is 2.42. The van der Waals surface area contributed by atoms with Gasteiger partial charge >= 0.3 is 8.56 Å². The van der Waals surface area contributed by atoms with Gasteiger partial charge in [0.15, 0.2) is 0 Å². The highest BCUT2D eigenvalue weighted by molar-refractivity contribution is 6.70. The van der Waals surface area contributed by atoms with E-state index in [0.717, 1.165) is 38.7 Å². The van der Waals surface area contributed by atoms with Gasteiger partial charge in [-0.1, -0.05) is 19.8 Å². The van der Waals surface area contributed by atoms with E-state index in [4.69, 9.17) is 13.6 Å². The predicted octanol–water partition coefficient (Wildman–Crippen LogP) is 4.14. The van der Waals surface area contributed by atoms with Gasteiger partial charge in [-0.25, -0.2) is 9.79 Å². The molecule has 1 saturated heterocycles. The maximum atomic E-state index is 9.32. The highest BCUT2D eigenvalue weighted by atomic mass is 28.4. The van der Waals surface area contributed by atoms with E-state index in [0.29, 0.717) is 0 Å². The van der Waals surface area contributed by atoms with Gasteiger partial charge < -0.3 is 13.6 Å². The summed E-state index contributed by atoms with van der Waals surface area (Å²) in [6.45, 7) is 14.3. The Labute approximate surface area is 143 Å². The third-order valence-corrected chi connectivity index (χ3v) is 8.75. The van der Waals surface area contributed by atoms with Crippen LogP contribution in [0.4, 0.5) is 0 Å². The Morgan fingerprint density at radius 3 is 2.04 bits per heavy atom. The van der Waals surface area contributed by atoms with Gasteiger partial charge in [0.1, 0.15) is 5.22 Å². The van der Waals surface area contributed by atoms with Gasteiger partial charge in [0.2, 0.25) is 6.08 Å². The number of hydrogen-bond donors (Lipinski definition) is 0. The van der Waals surface area contributed by atoms with Crippen molar-refractivity contribution in [1.82, 2.24) is 0 Å². The van der Waals surface area contributed by atoms with Crippen molar-refractivity contribution >= 4 is 14.6 Å². The number of carbonyl (C=O) groups excluding carboxylic acids is 1. The summed E-state index contributed by atoms with van der Waals surface area (Å²) in [4.78, 5) is 12.6. The van der Waals surface area contributed by atoms with E-state index in [9.17, 15) is 4.79 Å². The number of ether oxygens (including phenoxy) is 1. The molecule has 1 aliphatic heterocycles. The van der Waals surface area contributed by atoms with Crippen molar-refractivity contribution in [3.05, 3.63) is 0 Å². The van der Waals surface area contributed by atoms with Crippen LogP contribution >= 0.6 is 0 Å². The maximum absolute atomic E-state index is 9.32. The Balaban J connectivity index is 0.000000688. The molecule has 1 rings (SSSR count). The van der Waals surface area contributed by atoms with Crippen LogP contribution in [0.1, 0.15) is 67.2 Å². The van der Waals surface area contributed by atoms with Gasteiger partial charge in [0, 0.05) is 19.8 Å². The minimum Gasteiger partial charge on any atom is -0.393 e. The fraction of sp³-hybridized carbons (Fsp3) is 0.941. The van der Waals surface area contributed by atoms with Crippen LogP contribution in [0, 0.1) is 0 Å². The minimum absolute atomic E-state index is 0.0995. The van der Waals surface area contributed by atoms with Crippen molar-refractivity contribution in [2.24, 2.45) is 4.99 Å². The predicted molar refractivity (Wildman–Crippen MR) is 95.6 cm³/mol. The lowest BCUT2D eigenvalue weighted by atomic mass is 10.1. The van der Waals surface area contributed by atoms with Gasteiger partial charge in [-0.05, 0) is 53.5 Å². The summed E-state index contributed by atoms with van der Waals surface area (Å²) >= 11 is 0. The van der Waals surface area contributed by atoms with Crippen LogP contribution in [0.15, 0.2) is 4.99 Å². The Hall–Kier alpha value is -0.523. The molecule has 1 fully saturated rings. The van der Waals surface area contributed by atoms with Gasteiger partial charge in [-0.3, -0.25) is 0 Å². The maximum Gasteiger partial charge on any atom is 0.371 e. The average molecular weight is 346 g/mol. The number of rotatable bonds is 8. The average Bonchev–Trinajstić information content (AvgIpc) is 2.51. The SMILES string of the molecule is CC(C)N=C=O.CCOC1(CC)CCCC[Si]1(OCC)OCC. The molecular weight excluding hydrogens is 310 g/mol. The summed E-state index contributed by atoms with van der Waals surface area (Å²) in [5.41, 5.74) is 0. The zero-order valence-corrected chi connectivity index (χ0v) is 16.8. The van der Waals surface area contributed by atoms with Crippen molar-refractivity contribution in [1.29, 1.82) is 0 Å². The molecule has 0 aromatic heterocycles. The third kappa shape index (κ3) is 6.47. The normalized spacial score (nSPS) is 22.9. The minimum atomic E-state index is -2.21. The van der Waals surface area contributed by atoms with Crippen molar-refractivity contribution in [2.45, 2.75) is 84.5 Å². The number of aliphatic imine (C=N–C) groups is 1. The van der Waals surface area contributed by atoms with Crippen molar-refractivity contribution in [3.63, 3.8) is 0 Å². The quantitative estimate of drug-likeness (QED) is 0.377. The lowest BCUT2D eigenvalue weighted by Gasteiger charge is -2.49. The largest absolute Gasteiger partial charge is 0.393 e. The lowest BCUT2D eigenvalue weighted by molar-refractivity contribution is -0.0426. The standard InChI is InChI=1S/C13H28O3Si.C4H7NO/c1-5-13(14-6-2)11-9-10-12-17(13,15-7-3)16-8-4;1-4(2)5-3-6/h5-12H2,1-4H3;4H,1-2H3. The second-order valence-electron chi connectivity index (χ2n) is 5.92. The first-order valence-corrected chi connectivity index (χ1v) is 11.0. The molecule has 136 valence electrons. The van der Waals surface area contributed by atoms with E-state index in [2.05, 4.69) is 32.7 Å². The molecule has 0 spiro atoms.